The average Bonchev–Trinajstić information content (AvgIpc) is 2.99. The molecule has 1 N–H and O–H groups in total. The maximum Gasteiger partial charge on any atom is 0.264 e. The van der Waals surface area contributed by atoms with Crippen molar-refractivity contribution in [1.82, 2.24) is 10.2 Å². The van der Waals surface area contributed by atoms with Gasteiger partial charge >= 0.3 is 0 Å². The Morgan fingerprint density at radius 3 is 2.14 bits per heavy atom. The Labute approximate surface area is 266 Å². The Hall–Kier alpha value is -3.70. The normalized spacial score (nSPS) is 12.2. The number of hydrogen-bond donors (Lipinski definition) is 1. The van der Waals surface area contributed by atoms with Crippen LogP contribution in [0.25, 0.3) is 0 Å². The van der Waals surface area contributed by atoms with E-state index in [0.29, 0.717) is 24.5 Å². The first-order valence-corrected chi connectivity index (χ1v) is 17.1. The molecule has 0 bridgehead atoms. The van der Waals surface area contributed by atoms with Crippen LogP contribution in [0.4, 0.5) is 5.69 Å². The smallest absolute Gasteiger partial charge is 0.264 e. The van der Waals surface area contributed by atoms with Crippen LogP contribution in [0.15, 0.2) is 82.6 Å². The first-order chi connectivity index (χ1) is 20.8. The van der Waals surface area contributed by atoms with Crippen LogP contribution in [0.3, 0.4) is 0 Å². The second-order valence-corrected chi connectivity index (χ2v) is 13.9. The van der Waals surface area contributed by atoms with Crippen molar-refractivity contribution in [1.29, 1.82) is 0 Å². The van der Waals surface area contributed by atoms with Gasteiger partial charge in [0, 0.05) is 17.0 Å². The van der Waals surface area contributed by atoms with Crippen LogP contribution in [-0.4, -0.2) is 63.2 Å². The molecular weight excluding hydrogens is 599 g/mol. The summed E-state index contributed by atoms with van der Waals surface area (Å²) in [6, 6.07) is 19.6. The fourth-order valence-electron chi connectivity index (χ4n) is 4.63. The number of benzene rings is 3. The summed E-state index contributed by atoms with van der Waals surface area (Å²) in [5.74, 6) is 0.124. The summed E-state index contributed by atoms with van der Waals surface area (Å²) in [4.78, 5) is 30.3. The zero-order valence-corrected chi connectivity index (χ0v) is 28.1. The summed E-state index contributed by atoms with van der Waals surface area (Å²) < 4.78 is 40.6. The molecule has 0 radical (unpaired) electrons. The molecule has 3 aromatic rings. The van der Waals surface area contributed by atoms with Crippen LogP contribution >= 0.6 is 11.8 Å². The first-order valence-electron chi connectivity index (χ1n) is 14.5. The highest BCUT2D eigenvalue weighted by Crippen LogP contribution is 2.33. The minimum Gasteiger partial charge on any atom is -0.497 e. The van der Waals surface area contributed by atoms with Gasteiger partial charge in [-0.25, -0.2) is 8.42 Å². The number of para-hydroxylation sites is 2. The Morgan fingerprint density at radius 2 is 1.59 bits per heavy atom. The lowest BCUT2D eigenvalue weighted by Crippen LogP contribution is -2.55. The lowest BCUT2D eigenvalue weighted by molar-refractivity contribution is -0.141. The molecule has 3 rings (SSSR count). The van der Waals surface area contributed by atoms with Crippen LogP contribution in [0, 0.1) is 0 Å². The van der Waals surface area contributed by atoms with Crippen LogP contribution in [0.2, 0.25) is 0 Å². The highest BCUT2D eigenvalue weighted by molar-refractivity contribution is 7.98. The third-order valence-electron chi connectivity index (χ3n) is 6.76. The van der Waals surface area contributed by atoms with Gasteiger partial charge in [0.05, 0.1) is 24.3 Å². The van der Waals surface area contributed by atoms with E-state index in [1.54, 1.807) is 62.6 Å². The molecule has 1 atom stereocenters. The highest BCUT2D eigenvalue weighted by atomic mass is 32.2. The third-order valence-corrected chi connectivity index (χ3v) is 9.27. The molecule has 0 aliphatic heterocycles. The van der Waals surface area contributed by atoms with Gasteiger partial charge in [-0.1, -0.05) is 31.2 Å². The van der Waals surface area contributed by atoms with E-state index >= 15 is 0 Å². The fraction of sp³-hybridized carbons (Fsp3) is 0.394. The number of methoxy groups -OCH3 is 1. The number of nitrogens with one attached hydrogen (secondary N) is 1. The summed E-state index contributed by atoms with van der Waals surface area (Å²) in [6.07, 6.45) is 2.23. The molecule has 0 saturated carbocycles. The summed E-state index contributed by atoms with van der Waals surface area (Å²) in [5, 5.41) is 2.98. The Morgan fingerprint density at radius 1 is 0.955 bits per heavy atom. The number of sulfonamides is 1. The van der Waals surface area contributed by atoms with Crippen molar-refractivity contribution in [3.63, 3.8) is 0 Å². The zero-order valence-electron chi connectivity index (χ0n) is 26.5. The molecule has 9 nitrogen and oxygen atoms in total. The van der Waals surface area contributed by atoms with Gasteiger partial charge in [0.1, 0.15) is 24.1 Å². The van der Waals surface area contributed by atoms with E-state index in [2.05, 4.69) is 5.32 Å². The number of nitrogens with zero attached hydrogens (tertiary/aromatic N) is 2. The molecule has 0 aliphatic rings. The van der Waals surface area contributed by atoms with Gasteiger partial charge in [-0.15, -0.1) is 11.8 Å². The molecule has 0 spiro atoms. The van der Waals surface area contributed by atoms with Crippen molar-refractivity contribution in [3.05, 3.63) is 78.4 Å². The maximum absolute atomic E-state index is 14.3. The summed E-state index contributed by atoms with van der Waals surface area (Å²) >= 11 is 1.50. The quantitative estimate of drug-likeness (QED) is 0.224. The van der Waals surface area contributed by atoms with E-state index in [0.717, 1.165) is 14.8 Å². The SMILES string of the molecule is CCOc1ccccc1N(CC(=O)N(Cc1ccc(OC)cc1)[C@@H](CC)C(=O)NC(C)(C)C)S(=O)(=O)c1ccc(SC)cc1. The number of carbonyl (C=O) groups is 2. The predicted octanol–water partition coefficient (Wildman–Crippen LogP) is 5.73. The first kappa shape index (κ1) is 34.8. The lowest BCUT2D eigenvalue weighted by Gasteiger charge is -2.35. The van der Waals surface area contributed by atoms with Crippen molar-refractivity contribution in [2.24, 2.45) is 0 Å². The molecule has 11 heteroatoms. The van der Waals surface area contributed by atoms with Gasteiger partial charge in [-0.3, -0.25) is 13.9 Å². The molecule has 44 heavy (non-hydrogen) atoms. The van der Waals surface area contributed by atoms with Crippen LogP contribution in [0.5, 0.6) is 11.5 Å². The lowest BCUT2D eigenvalue weighted by atomic mass is 10.1. The van der Waals surface area contributed by atoms with Crippen molar-refractivity contribution in [2.75, 3.05) is 30.8 Å². The minimum atomic E-state index is -4.23. The molecule has 0 unspecified atom stereocenters. The molecule has 2 amide bonds. The van der Waals surface area contributed by atoms with E-state index in [-0.39, 0.29) is 23.0 Å². The second kappa shape index (κ2) is 15.3. The van der Waals surface area contributed by atoms with E-state index in [1.807, 2.05) is 46.1 Å². The Balaban J connectivity index is 2.12. The molecule has 0 fully saturated rings. The Kier molecular flexibility index (Phi) is 12.1. The second-order valence-electron chi connectivity index (χ2n) is 11.1. The molecule has 0 heterocycles. The number of anilines is 1. The summed E-state index contributed by atoms with van der Waals surface area (Å²) in [5.41, 5.74) is 0.458. The number of rotatable bonds is 14. The van der Waals surface area contributed by atoms with Gasteiger partial charge in [0.25, 0.3) is 10.0 Å². The van der Waals surface area contributed by atoms with E-state index in [4.69, 9.17) is 9.47 Å². The monoisotopic (exact) mass is 641 g/mol. The van der Waals surface area contributed by atoms with E-state index in [1.165, 1.54) is 28.8 Å². The van der Waals surface area contributed by atoms with Gasteiger partial charge in [0.15, 0.2) is 0 Å². The van der Waals surface area contributed by atoms with Crippen molar-refractivity contribution in [2.45, 2.75) is 69.0 Å². The van der Waals surface area contributed by atoms with Crippen LogP contribution in [0.1, 0.15) is 46.6 Å². The highest BCUT2D eigenvalue weighted by Gasteiger charge is 2.35. The van der Waals surface area contributed by atoms with E-state index < -0.39 is 34.1 Å². The van der Waals surface area contributed by atoms with Crippen molar-refractivity contribution < 1.29 is 27.5 Å². The van der Waals surface area contributed by atoms with E-state index in [9.17, 15) is 18.0 Å². The molecule has 0 saturated heterocycles. The third kappa shape index (κ3) is 8.92. The summed E-state index contributed by atoms with van der Waals surface area (Å²) in [6.45, 7) is 9.08. The largest absolute Gasteiger partial charge is 0.497 e. The average molecular weight is 642 g/mol. The molecule has 238 valence electrons. The number of hydrogen-bond acceptors (Lipinski definition) is 7. The predicted molar refractivity (Wildman–Crippen MR) is 176 cm³/mol. The van der Waals surface area contributed by atoms with Gasteiger partial charge in [0.2, 0.25) is 11.8 Å². The van der Waals surface area contributed by atoms with Gasteiger partial charge in [-0.2, -0.15) is 0 Å². The number of amides is 2. The minimum absolute atomic E-state index is 0.0358. The van der Waals surface area contributed by atoms with Crippen LogP contribution < -0.4 is 19.1 Å². The number of carbonyl (C=O) groups excluding carboxylic acids is 2. The van der Waals surface area contributed by atoms with Crippen molar-refractivity contribution >= 4 is 39.3 Å². The van der Waals surface area contributed by atoms with Gasteiger partial charge < -0.3 is 19.7 Å². The zero-order chi connectivity index (χ0) is 32.5. The topological polar surface area (TPSA) is 105 Å². The molecular formula is C33H43N3O6S2. The number of thioether (sulfide) groups is 1. The van der Waals surface area contributed by atoms with Gasteiger partial charge in [-0.05, 0) is 94.5 Å². The molecule has 0 aromatic heterocycles. The molecule has 0 aliphatic carbocycles. The molecule has 3 aromatic carbocycles. The Bertz CT molecular complexity index is 1500. The standard InChI is InChI=1S/C33H43N3O6S2/c1-8-28(32(38)34-33(3,4)5)35(22-24-14-16-25(41-6)17-15-24)31(37)23-36(29-12-10-11-13-30(29)42-9-2)44(39,40)27-20-18-26(43-7)19-21-27/h10-21,28H,8-9,22-23H2,1-7H3,(H,34,38)/t28-/m0/s1. The fourth-order valence-corrected chi connectivity index (χ4v) is 6.46. The number of ether oxygens (including phenoxy) is 2. The van der Waals surface area contributed by atoms with Crippen LogP contribution in [-0.2, 0) is 26.2 Å². The summed E-state index contributed by atoms with van der Waals surface area (Å²) in [7, 11) is -2.66. The van der Waals surface area contributed by atoms with Crippen molar-refractivity contribution in [3.8, 4) is 11.5 Å². The maximum atomic E-state index is 14.3.